The van der Waals surface area contributed by atoms with Crippen LogP contribution in [-0.4, -0.2) is 58.9 Å². The summed E-state index contributed by atoms with van der Waals surface area (Å²) in [5.41, 5.74) is 0.758. The van der Waals surface area contributed by atoms with E-state index in [9.17, 15) is 14.7 Å². The van der Waals surface area contributed by atoms with Gasteiger partial charge in [-0.15, -0.1) is 0 Å². The maximum atomic E-state index is 12.6. The molecule has 0 bridgehead atoms. The molecule has 0 atom stereocenters. The first-order valence-electron chi connectivity index (χ1n) is 8.80. The maximum Gasteiger partial charge on any atom is 0.409 e. The fourth-order valence-electron chi connectivity index (χ4n) is 3.16. The molecule has 1 fully saturated rings. The summed E-state index contributed by atoms with van der Waals surface area (Å²) in [6.07, 6.45) is 1.30. The molecule has 0 unspecified atom stereocenters. The lowest BCUT2D eigenvalue weighted by Crippen LogP contribution is -2.48. The molecule has 1 amide bonds. The number of carbonyl (C=O) groups excluding carboxylic acids is 1. The van der Waals surface area contributed by atoms with Crippen LogP contribution in [0.15, 0.2) is 35.3 Å². The molecule has 150 valence electrons. The van der Waals surface area contributed by atoms with E-state index in [-0.39, 0.29) is 18.4 Å². The van der Waals surface area contributed by atoms with Crippen molar-refractivity contribution in [2.45, 2.75) is 13.1 Å². The molecule has 28 heavy (non-hydrogen) atoms. The third kappa shape index (κ3) is 4.43. The molecule has 2 heterocycles. The number of hydrogen-bond donors (Lipinski definition) is 1. The van der Waals surface area contributed by atoms with E-state index in [0.29, 0.717) is 53.9 Å². The van der Waals surface area contributed by atoms with Crippen LogP contribution in [0.5, 0.6) is 5.75 Å². The van der Waals surface area contributed by atoms with Gasteiger partial charge in [-0.25, -0.2) is 4.79 Å². The molecule has 1 aliphatic heterocycles. The number of benzene rings is 1. The summed E-state index contributed by atoms with van der Waals surface area (Å²) in [5, 5.41) is 11.2. The Labute approximate surface area is 172 Å². The Kier molecular flexibility index (Phi) is 6.49. The van der Waals surface area contributed by atoms with Gasteiger partial charge in [0.05, 0.1) is 23.7 Å². The van der Waals surface area contributed by atoms with E-state index in [2.05, 4.69) is 4.90 Å². The Bertz CT molecular complexity index is 924. The minimum Gasteiger partial charge on any atom is -0.503 e. The average Bonchev–Trinajstić information content (AvgIpc) is 2.71. The van der Waals surface area contributed by atoms with Gasteiger partial charge in [0.25, 0.3) is 5.56 Å². The Balaban J connectivity index is 1.70. The summed E-state index contributed by atoms with van der Waals surface area (Å²) in [5.74, 6) is -0.281. The van der Waals surface area contributed by atoms with Gasteiger partial charge in [-0.05, 0) is 17.7 Å². The van der Waals surface area contributed by atoms with Crippen LogP contribution >= 0.6 is 23.2 Å². The molecular weight excluding hydrogens is 405 g/mol. The summed E-state index contributed by atoms with van der Waals surface area (Å²) < 4.78 is 6.12. The van der Waals surface area contributed by atoms with Crippen LogP contribution in [0.4, 0.5) is 4.79 Å². The number of carbonyl (C=O) groups is 1. The largest absolute Gasteiger partial charge is 0.503 e. The zero-order valence-corrected chi connectivity index (χ0v) is 16.9. The number of nitrogens with zero attached hydrogens (tertiary/aromatic N) is 3. The molecule has 0 radical (unpaired) electrons. The van der Waals surface area contributed by atoms with Gasteiger partial charge < -0.3 is 19.3 Å². The summed E-state index contributed by atoms with van der Waals surface area (Å²) in [6, 6.07) is 6.95. The van der Waals surface area contributed by atoms with Crippen molar-refractivity contribution in [3.05, 3.63) is 62.0 Å². The molecule has 1 aliphatic rings. The Morgan fingerprint density at radius 3 is 2.50 bits per heavy atom. The third-order valence-electron chi connectivity index (χ3n) is 4.79. The number of aromatic hydroxyl groups is 1. The molecule has 0 saturated carbocycles. The van der Waals surface area contributed by atoms with E-state index in [1.807, 2.05) is 0 Å². The van der Waals surface area contributed by atoms with Crippen molar-refractivity contribution in [2.75, 3.05) is 33.3 Å². The Hall–Kier alpha value is -2.22. The van der Waals surface area contributed by atoms with Gasteiger partial charge in [0.15, 0.2) is 5.75 Å². The molecule has 7 nitrogen and oxygen atoms in total. The number of hydrogen-bond acceptors (Lipinski definition) is 5. The summed E-state index contributed by atoms with van der Waals surface area (Å²) in [7, 11) is 1.36. The number of rotatable bonds is 4. The van der Waals surface area contributed by atoms with Gasteiger partial charge in [-0.3, -0.25) is 9.69 Å². The van der Waals surface area contributed by atoms with Gasteiger partial charge in [0, 0.05) is 44.5 Å². The smallest absolute Gasteiger partial charge is 0.409 e. The van der Waals surface area contributed by atoms with Crippen LogP contribution in [0.3, 0.4) is 0 Å². The summed E-state index contributed by atoms with van der Waals surface area (Å²) in [6.45, 7) is 2.99. The molecule has 2 aromatic rings. The number of methoxy groups -OCH3 is 1. The standard InChI is InChI=1S/C19H21Cl2N3O4/c1-28-19(27)23-9-7-22(8-10-23)11-14-5-6-24(18(26)17(14)25)12-13-3-2-4-15(20)16(13)21/h2-6,25H,7-12H2,1H3. The lowest BCUT2D eigenvalue weighted by Gasteiger charge is -2.33. The van der Waals surface area contributed by atoms with Crippen LogP contribution in [0.1, 0.15) is 11.1 Å². The molecule has 1 N–H and O–H groups in total. The molecular formula is C19H21Cl2N3O4. The molecule has 9 heteroatoms. The van der Waals surface area contributed by atoms with E-state index < -0.39 is 5.56 Å². The number of aromatic nitrogens is 1. The second-order valence-corrected chi connectivity index (χ2v) is 7.35. The van der Waals surface area contributed by atoms with Gasteiger partial charge in [0.2, 0.25) is 0 Å². The maximum absolute atomic E-state index is 12.6. The molecule has 1 saturated heterocycles. The summed E-state index contributed by atoms with van der Waals surface area (Å²) >= 11 is 12.2. The minimum absolute atomic E-state index is 0.212. The van der Waals surface area contributed by atoms with Crippen molar-refractivity contribution in [3.63, 3.8) is 0 Å². The number of piperazine rings is 1. The molecule has 1 aromatic heterocycles. The predicted octanol–water partition coefficient (Wildman–Crippen LogP) is 2.79. The van der Waals surface area contributed by atoms with Gasteiger partial charge in [-0.1, -0.05) is 35.3 Å². The third-order valence-corrected chi connectivity index (χ3v) is 5.65. The first kappa shape index (κ1) is 20.5. The zero-order valence-electron chi connectivity index (χ0n) is 15.4. The van der Waals surface area contributed by atoms with E-state index in [1.165, 1.54) is 11.7 Å². The SMILES string of the molecule is COC(=O)N1CCN(Cc2ccn(Cc3cccc(Cl)c3Cl)c(=O)c2O)CC1. The van der Waals surface area contributed by atoms with Gasteiger partial charge >= 0.3 is 6.09 Å². The van der Waals surface area contributed by atoms with Crippen LogP contribution < -0.4 is 5.56 Å². The highest BCUT2D eigenvalue weighted by Crippen LogP contribution is 2.26. The second kappa shape index (κ2) is 8.86. The summed E-state index contributed by atoms with van der Waals surface area (Å²) in [4.78, 5) is 27.8. The highest BCUT2D eigenvalue weighted by atomic mass is 35.5. The number of halogens is 2. The van der Waals surface area contributed by atoms with Gasteiger partial charge in [-0.2, -0.15) is 0 Å². The monoisotopic (exact) mass is 425 g/mol. The molecule has 0 aliphatic carbocycles. The fraction of sp³-hybridized carbons (Fsp3) is 0.368. The number of pyridine rings is 1. The second-order valence-electron chi connectivity index (χ2n) is 6.57. The van der Waals surface area contributed by atoms with E-state index >= 15 is 0 Å². The molecule has 3 rings (SSSR count). The van der Waals surface area contributed by atoms with Crippen LogP contribution in [0, 0.1) is 0 Å². The van der Waals surface area contributed by atoms with Crippen LogP contribution in [0.2, 0.25) is 10.0 Å². The van der Waals surface area contributed by atoms with Crippen molar-refractivity contribution < 1.29 is 14.6 Å². The predicted molar refractivity (Wildman–Crippen MR) is 107 cm³/mol. The van der Waals surface area contributed by atoms with Gasteiger partial charge in [0.1, 0.15) is 0 Å². The zero-order chi connectivity index (χ0) is 20.3. The number of amides is 1. The minimum atomic E-state index is -0.485. The first-order chi connectivity index (χ1) is 13.4. The van der Waals surface area contributed by atoms with E-state index in [1.54, 1.807) is 35.4 Å². The number of ether oxygens (including phenoxy) is 1. The van der Waals surface area contributed by atoms with Crippen molar-refractivity contribution in [1.82, 2.24) is 14.4 Å². The lowest BCUT2D eigenvalue weighted by atomic mass is 10.2. The van der Waals surface area contributed by atoms with E-state index in [4.69, 9.17) is 27.9 Å². The molecule has 0 spiro atoms. The highest BCUT2D eigenvalue weighted by molar-refractivity contribution is 6.42. The van der Waals surface area contributed by atoms with Crippen LogP contribution in [-0.2, 0) is 17.8 Å². The van der Waals surface area contributed by atoms with Crippen molar-refractivity contribution in [1.29, 1.82) is 0 Å². The Morgan fingerprint density at radius 2 is 1.82 bits per heavy atom. The van der Waals surface area contributed by atoms with Crippen molar-refractivity contribution >= 4 is 29.3 Å². The average molecular weight is 426 g/mol. The Morgan fingerprint density at radius 1 is 1.11 bits per heavy atom. The first-order valence-corrected chi connectivity index (χ1v) is 9.55. The normalized spacial score (nSPS) is 14.9. The highest BCUT2D eigenvalue weighted by Gasteiger charge is 2.22. The fourth-order valence-corrected chi connectivity index (χ4v) is 3.54. The molecule has 1 aromatic carbocycles. The lowest BCUT2D eigenvalue weighted by molar-refractivity contribution is 0.0885. The van der Waals surface area contributed by atoms with Crippen LogP contribution in [0.25, 0.3) is 0 Å². The quantitative estimate of drug-likeness (QED) is 0.814. The van der Waals surface area contributed by atoms with Crippen molar-refractivity contribution in [2.24, 2.45) is 0 Å². The topological polar surface area (TPSA) is 75.0 Å². The van der Waals surface area contributed by atoms with E-state index in [0.717, 1.165) is 0 Å². The van der Waals surface area contributed by atoms with Crippen molar-refractivity contribution in [3.8, 4) is 5.75 Å².